The number of anilines is 2. The van der Waals surface area contributed by atoms with E-state index in [0.29, 0.717) is 18.1 Å². The first kappa shape index (κ1) is 19.1. The van der Waals surface area contributed by atoms with Gasteiger partial charge in [0, 0.05) is 30.0 Å². The second-order valence-electron chi connectivity index (χ2n) is 5.80. The maximum atomic E-state index is 11.9. The predicted octanol–water partition coefficient (Wildman–Crippen LogP) is 3.62. The van der Waals surface area contributed by atoms with Crippen LogP contribution in [-0.2, 0) is 9.59 Å². The number of nitrogens with one attached hydrogen (secondary N) is 2. The fraction of sp³-hybridized carbons (Fsp3) is 0.389. The van der Waals surface area contributed by atoms with E-state index in [9.17, 15) is 9.59 Å². The average molecular weight is 360 g/mol. The molecule has 2 rings (SSSR count). The number of rotatable bonds is 9. The van der Waals surface area contributed by atoms with Gasteiger partial charge in [0.2, 0.25) is 11.8 Å². The molecule has 0 radical (unpaired) electrons. The van der Waals surface area contributed by atoms with Crippen LogP contribution in [0.4, 0.5) is 10.8 Å². The van der Waals surface area contributed by atoms with E-state index in [-0.39, 0.29) is 11.8 Å². The Labute approximate surface area is 151 Å². The minimum absolute atomic E-state index is 0.00495. The first-order chi connectivity index (χ1) is 12.1. The molecule has 0 fully saturated rings. The van der Waals surface area contributed by atoms with Gasteiger partial charge in [0.25, 0.3) is 0 Å². The monoisotopic (exact) mass is 360 g/mol. The quantitative estimate of drug-likeness (QED) is 0.595. The number of carbonyl (C=O) groups excluding carboxylic acids is 2. The number of nitrogens with zero attached hydrogens (tertiary/aromatic N) is 1. The summed E-state index contributed by atoms with van der Waals surface area (Å²) in [5.41, 5.74) is 7.93. The maximum absolute atomic E-state index is 11.9. The Morgan fingerprint density at radius 1 is 1.08 bits per heavy atom. The normalized spacial score (nSPS) is 10.5. The standard InChI is InChI=1S/C18H24N4O2S/c1-13(23)20-15-9-7-14(8-10-15)16-12-25-18(21-16)22-17(24)6-4-2-3-5-11-19/h7-10,12H,2-6,11,19H2,1H3,(H,20,23)(H,21,22,24). The van der Waals surface area contributed by atoms with E-state index in [1.54, 1.807) is 0 Å². The Bertz CT molecular complexity index is 697. The van der Waals surface area contributed by atoms with Gasteiger partial charge in [0.15, 0.2) is 5.13 Å². The number of nitrogens with two attached hydrogens (primary N) is 1. The molecule has 25 heavy (non-hydrogen) atoms. The molecule has 1 aromatic carbocycles. The molecule has 0 bridgehead atoms. The number of amides is 2. The van der Waals surface area contributed by atoms with Crippen LogP contribution < -0.4 is 16.4 Å². The first-order valence-electron chi connectivity index (χ1n) is 8.42. The number of carbonyl (C=O) groups is 2. The van der Waals surface area contributed by atoms with Crippen molar-refractivity contribution < 1.29 is 9.59 Å². The molecule has 0 spiro atoms. The molecular formula is C18H24N4O2S. The summed E-state index contributed by atoms with van der Waals surface area (Å²) in [5.74, 6) is -0.107. The summed E-state index contributed by atoms with van der Waals surface area (Å²) in [5, 5.41) is 8.09. The van der Waals surface area contributed by atoms with Crippen molar-refractivity contribution in [2.75, 3.05) is 17.2 Å². The van der Waals surface area contributed by atoms with Gasteiger partial charge in [-0.3, -0.25) is 9.59 Å². The maximum Gasteiger partial charge on any atom is 0.226 e. The van der Waals surface area contributed by atoms with Crippen LogP contribution in [0.15, 0.2) is 29.6 Å². The predicted molar refractivity (Wildman–Crippen MR) is 103 cm³/mol. The van der Waals surface area contributed by atoms with Crippen LogP contribution in [-0.4, -0.2) is 23.3 Å². The van der Waals surface area contributed by atoms with Gasteiger partial charge in [0.1, 0.15) is 0 Å². The lowest BCUT2D eigenvalue weighted by Crippen LogP contribution is -2.10. The van der Waals surface area contributed by atoms with Gasteiger partial charge in [0.05, 0.1) is 5.69 Å². The molecular weight excluding hydrogens is 336 g/mol. The summed E-state index contributed by atoms with van der Waals surface area (Å²) in [6.07, 6.45) is 4.48. The Morgan fingerprint density at radius 2 is 1.80 bits per heavy atom. The third-order valence-electron chi connectivity index (χ3n) is 3.61. The van der Waals surface area contributed by atoms with E-state index in [4.69, 9.17) is 5.73 Å². The number of aromatic nitrogens is 1. The molecule has 0 unspecified atom stereocenters. The van der Waals surface area contributed by atoms with Crippen molar-refractivity contribution in [3.63, 3.8) is 0 Å². The smallest absolute Gasteiger partial charge is 0.226 e. The molecule has 1 aromatic heterocycles. The van der Waals surface area contributed by atoms with Gasteiger partial charge in [-0.15, -0.1) is 11.3 Å². The van der Waals surface area contributed by atoms with E-state index in [1.165, 1.54) is 18.3 Å². The molecule has 2 aromatic rings. The summed E-state index contributed by atoms with van der Waals surface area (Å²) in [6, 6.07) is 7.44. The van der Waals surface area contributed by atoms with Gasteiger partial charge in [-0.25, -0.2) is 4.98 Å². The third kappa shape index (κ3) is 6.64. The number of hydrogen-bond acceptors (Lipinski definition) is 5. The highest BCUT2D eigenvalue weighted by Gasteiger charge is 2.08. The van der Waals surface area contributed by atoms with Crippen molar-refractivity contribution in [3.05, 3.63) is 29.6 Å². The molecule has 4 N–H and O–H groups in total. The molecule has 0 saturated heterocycles. The van der Waals surface area contributed by atoms with Gasteiger partial charge < -0.3 is 16.4 Å². The van der Waals surface area contributed by atoms with E-state index in [0.717, 1.165) is 42.6 Å². The Hall–Kier alpha value is -2.25. The van der Waals surface area contributed by atoms with Crippen molar-refractivity contribution >= 4 is 34.0 Å². The second kappa shape index (κ2) is 9.90. The van der Waals surface area contributed by atoms with Gasteiger partial charge in [-0.1, -0.05) is 25.0 Å². The summed E-state index contributed by atoms with van der Waals surface area (Å²) in [7, 11) is 0. The zero-order chi connectivity index (χ0) is 18.1. The van der Waals surface area contributed by atoms with Crippen LogP contribution in [0.1, 0.15) is 39.0 Å². The molecule has 0 aliphatic rings. The molecule has 0 aliphatic heterocycles. The number of unbranched alkanes of at least 4 members (excludes halogenated alkanes) is 3. The minimum atomic E-state index is -0.102. The zero-order valence-corrected chi connectivity index (χ0v) is 15.2. The van der Waals surface area contributed by atoms with Crippen LogP contribution in [0.5, 0.6) is 0 Å². The summed E-state index contributed by atoms with van der Waals surface area (Å²) < 4.78 is 0. The average Bonchev–Trinajstić information content (AvgIpc) is 3.03. The molecule has 7 heteroatoms. The topological polar surface area (TPSA) is 97.1 Å². The van der Waals surface area contributed by atoms with Crippen molar-refractivity contribution in [2.45, 2.75) is 39.0 Å². The summed E-state index contributed by atoms with van der Waals surface area (Å²) in [4.78, 5) is 27.4. The number of benzene rings is 1. The highest BCUT2D eigenvalue weighted by molar-refractivity contribution is 7.14. The van der Waals surface area contributed by atoms with Gasteiger partial charge in [-0.05, 0) is 31.5 Å². The van der Waals surface area contributed by atoms with Crippen molar-refractivity contribution in [2.24, 2.45) is 5.73 Å². The lowest BCUT2D eigenvalue weighted by Gasteiger charge is -2.03. The molecule has 0 saturated carbocycles. The second-order valence-corrected chi connectivity index (χ2v) is 6.66. The fourth-order valence-electron chi connectivity index (χ4n) is 2.36. The Balaban J connectivity index is 1.85. The number of thiazole rings is 1. The van der Waals surface area contributed by atoms with Crippen LogP contribution in [0.25, 0.3) is 11.3 Å². The largest absolute Gasteiger partial charge is 0.330 e. The molecule has 6 nitrogen and oxygen atoms in total. The van der Waals surface area contributed by atoms with Gasteiger partial charge in [-0.2, -0.15) is 0 Å². The SMILES string of the molecule is CC(=O)Nc1ccc(-c2csc(NC(=O)CCCCCCN)n2)cc1. The van der Waals surface area contributed by atoms with E-state index in [2.05, 4.69) is 15.6 Å². The third-order valence-corrected chi connectivity index (χ3v) is 4.37. The first-order valence-corrected chi connectivity index (χ1v) is 9.30. The highest BCUT2D eigenvalue weighted by Crippen LogP contribution is 2.26. The Kier molecular flexibility index (Phi) is 7.56. The van der Waals surface area contributed by atoms with Gasteiger partial charge >= 0.3 is 0 Å². The summed E-state index contributed by atoms with van der Waals surface area (Å²) in [6.45, 7) is 2.18. The minimum Gasteiger partial charge on any atom is -0.330 e. The van der Waals surface area contributed by atoms with E-state index in [1.807, 2.05) is 29.6 Å². The van der Waals surface area contributed by atoms with E-state index < -0.39 is 0 Å². The highest BCUT2D eigenvalue weighted by atomic mass is 32.1. The van der Waals surface area contributed by atoms with E-state index >= 15 is 0 Å². The zero-order valence-electron chi connectivity index (χ0n) is 14.4. The fourth-order valence-corrected chi connectivity index (χ4v) is 3.09. The molecule has 2 amide bonds. The van der Waals surface area contributed by atoms with Crippen LogP contribution in [0.3, 0.4) is 0 Å². The van der Waals surface area contributed by atoms with Crippen molar-refractivity contribution in [1.29, 1.82) is 0 Å². The molecule has 0 atom stereocenters. The van der Waals surface area contributed by atoms with Crippen molar-refractivity contribution in [1.82, 2.24) is 4.98 Å². The van der Waals surface area contributed by atoms with Crippen LogP contribution in [0.2, 0.25) is 0 Å². The summed E-state index contributed by atoms with van der Waals surface area (Å²) >= 11 is 1.41. The lowest BCUT2D eigenvalue weighted by atomic mass is 10.1. The molecule has 1 heterocycles. The van der Waals surface area contributed by atoms with Crippen LogP contribution in [0, 0.1) is 0 Å². The Morgan fingerprint density at radius 3 is 2.48 bits per heavy atom. The lowest BCUT2D eigenvalue weighted by molar-refractivity contribution is -0.116. The molecule has 134 valence electrons. The number of hydrogen-bond donors (Lipinski definition) is 3. The van der Waals surface area contributed by atoms with Crippen LogP contribution >= 0.6 is 11.3 Å². The molecule has 0 aliphatic carbocycles. The van der Waals surface area contributed by atoms with Crippen molar-refractivity contribution in [3.8, 4) is 11.3 Å².